The van der Waals surface area contributed by atoms with Gasteiger partial charge in [-0.3, -0.25) is 9.36 Å². The lowest BCUT2D eigenvalue weighted by Crippen LogP contribution is -2.02. The summed E-state index contributed by atoms with van der Waals surface area (Å²) >= 11 is 0. The molecular weight excluding hydrogens is 296 g/mol. The predicted molar refractivity (Wildman–Crippen MR) is 100 cm³/mol. The third-order valence-electron chi connectivity index (χ3n) is 4.75. The van der Waals surface area contributed by atoms with Crippen LogP contribution in [0.15, 0.2) is 24.8 Å². The Morgan fingerprint density at radius 3 is 2.04 bits per heavy atom. The highest BCUT2D eigenvalue weighted by Crippen LogP contribution is 2.21. The molecule has 0 N–H and O–H groups in total. The van der Waals surface area contributed by atoms with Crippen molar-refractivity contribution in [2.75, 3.05) is 0 Å². The fraction of sp³-hybridized carbons (Fsp3) is 0.700. The molecule has 24 heavy (non-hydrogen) atoms. The fourth-order valence-corrected chi connectivity index (χ4v) is 2.84. The quantitative estimate of drug-likeness (QED) is 0.560. The molecule has 134 valence electrons. The molecule has 2 rings (SSSR count). The molecule has 1 unspecified atom stereocenters. The molecule has 0 aliphatic carbocycles. The smallest absolute Gasteiger partial charge is 0.0524 e. The van der Waals surface area contributed by atoms with E-state index in [1.165, 1.54) is 36.8 Å². The van der Waals surface area contributed by atoms with Crippen LogP contribution in [0.5, 0.6) is 0 Å². The lowest BCUT2D eigenvalue weighted by molar-refractivity contribution is 0.486. The summed E-state index contributed by atoms with van der Waals surface area (Å²) in [6, 6.07) is 0. The van der Waals surface area contributed by atoms with E-state index in [2.05, 4.69) is 66.6 Å². The molecule has 0 radical (unpaired) electrons. The molecular formula is C20H34N4. The van der Waals surface area contributed by atoms with Crippen LogP contribution in [0.2, 0.25) is 0 Å². The Kier molecular flexibility index (Phi) is 7.07. The maximum Gasteiger partial charge on any atom is 0.0524 e. The van der Waals surface area contributed by atoms with Gasteiger partial charge in [-0.2, -0.15) is 10.2 Å². The number of unbranched alkanes of at least 4 members (excludes halogenated alkanes) is 1. The van der Waals surface area contributed by atoms with Gasteiger partial charge in [-0.15, -0.1) is 0 Å². The standard InChI is InChI=1S/C20H34N4/c1-16(2)9-11-24-15-20(13-22-24)18(5)8-6-7-10-23-14-19(12-21-23)17(3)4/h12-18H,6-11H2,1-5H3. The first-order valence-corrected chi connectivity index (χ1v) is 9.50. The first-order chi connectivity index (χ1) is 11.5. The Morgan fingerprint density at radius 2 is 1.42 bits per heavy atom. The molecule has 0 amide bonds. The third-order valence-corrected chi connectivity index (χ3v) is 4.75. The minimum absolute atomic E-state index is 0.561. The minimum atomic E-state index is 0.561. The molecule has 0 spiro atoms. The molecule has 0 aromatic carbocycles. The van der Waals surface area contributed by atoms with Crippen LogP contribution in [-0.4, -0.2) is 19.6 Å². The summed E-state index contributed by atoms with van der Waals surface area (Å²) in [6.07, 6.45) is 13.3. The largest absolute Gasteiger partial charge is 0.272 e. The van der Waals surface area contributed by atoms with Crippen LogP contribution in [0, 0.1) is 5.92 Å². The zero-order chi connectivity index (χ0) is 17.5. The van der Waals surface area contributed by atoms with Crippen molar-refractivity contribution in [3.63, 3.8) is 0 Å². The van der Waals surface area contributed by atoms with E-state index in [0.717, 1.165) is 19.0 Å². The van der Waals surface area contributed by atoms with Crippen LogP contribution in [-0.2, 0) is 13.1 Å². The molecule has 0 bridgehead atoms. The predicted octanol–water partition coefficient (Wildman–Crippen LogP) is 5.22. The van der Waals surface area contributed by atoms with E-state index in [9.17, 15) is 0 Å². The number of hydrogen-bond acceptors (Lipinski definition) is 2. The first-order valence-electron chi connectivity index (χ1n) is 9.50. The maximum atomic E-state index is 4.51. The van der Waals surface area contributed by atoms with Crippen LogP contribution >= 0.6 is 0 Å². The summed E-state index contributed by atoms with van der Waals surface area (Å²) < 4.78 is 4.19. The average molecular weight is 331 g/mol. The van der Waals surface area contributed by atoms with Gasteiger partial charge in [0.05, 0.1) is 12.4 Å². The Balaban J connectivity index is 1.69. The van der Waals surface area contributed by atoms with Crippen molar-refractivity contribution in [3.05, 3.63) is 35.9 Å². The van der Waals surface area contributed by atoms with E-state index in [1.54, 1.807) is 0 Å². The molecule has 0 aliphatic rings. The van der Waals surface area contributed by atoms with Crippen molar-refractivity contribution < 1.29 is 0 Å². The summed E-state index contributed by atoms with van der Waals surface area (Å²) in [6.45, 7) is 13.3. The van der Waals surface area contributed by atoms with Gasteiger partial charge in [-0.05, 0) is 48.1 Å². The second-order valence-electron chi connectivity index (χ2n) is 7.81. The van der Waals surface area contributed by atoms with E-state index >= 15 is 0 Å². The van der Waals surface area contributed by atoms with Gasteiger partial charge in [-0.25, -0.2) is 0 Å². The van der Waals surface area contributed by atoms with Crippen molar-refractivity contribution in [2.24, 2.45) is 5.92 Å². The first kappa shape index (κ1) is 18.8. The van der Waals surface area contributed by atoms with Crippen LogP contribution in [0.1, 0.15) is 83.3 Å². The zero-order valence-corrected chi connectivity index (χ0v) is 16.1. The van der Waals surface area contributed by atoms with Gasteiger partial charge in [0.25, 0.3) is 0 Å². The summed E-state index contributed by atoms with van der Waals surface area (Å²) in [5.41, 5.74) is 2.71. The summed E-state index contributed by atoms with van der Waals surface area (Å²) in [5, 5.41) is 8.96. The van der Waals surface area contributed by atoms with E-state index in [1.807, 2.05) is 12.4 Å². The van der Waals surface area contributed by atoms with E-state index in [0.29, 0.717) is 11.8 Å². The Bertz CT molecular complexity index is 594. The van der Waals surface area contributed by atoms with E-state index in [4.69, 9.17) is 0 Å². The van der Waals surface area contributed by atoms with Crippen molar-refractivity contribution >= 4 is 0 Å². The molecule has 4 nitrogen and oxygen atoms in total. The van der Waals surface area contributed by atoms with Gasteiger partial charge in [0, 0.05) is 25.5 Å². The number of aryl methyl sites for hydroxylation is 2. The minimum Gasteiger partial charge on any atom is -0.272 e. The second kappa shape index (κ2) is 9.05. The van der Waals surface area contributed by atoms with Crippen molar-refractivity contribution in [1.82, 2.24) is 19.6 Å². The monoisotopic (exact) mass is 330 g/mol. The summed E-state index contributed by atoms with van der Waals surface area (Å²) in [4.78, 5) is 0. The lowest BCUT2D eigenvalue weighted by Gasteiger charge is -2.09. The van der Waals surface area contributed by atoms with E-state index in [-0.39, 0.29) is 0 Å². The molecule has 0 fully saturated rings. The Labute approximate surface area is 147 Å². The van der Waals surface area contributed by atoms with Gasteiger partial charge in [0.2, 0.25) is 0 Å². The van der Waals surface area contributed by atoms with Crippen LogP contribution in [0.3, 0.4) is 0 Å². The zero-order valence-electron chi connectivity index (χ0n) is 16.1. The van der Waals surface area contributed by atoms with Gasteiger partial charge in [-0.1, -0.05) is 41.0 Å². The molecule has 1 atom stereocenters. The highest BCUT2D eigenvalue weighted by atomic mass is 15.3. The van der Waals surface area contributed by atoms with Gasteiger partial charge in [0.15, 0.2) is 0 Å². The van der Waals surface area contributed by atoms with E-state index < -0.39 is 0 Å². The molecule has 0 saturated carbocycles. The Hall–Kier alpha value is -1.58. The third kappa shape index (κ3) is 5.81. The number of hydrogen-bond donors (Lipinski definition) is 0. The number of aromatic nitrogens is 4. The van der Waals surface area contributed by atoms with Crippen LogP contribution < -0.4 is 0 Å². The molecule has 2 aromatic heterocycles. The topological polar surface area (TPSA) is 35.6 Å². The van der Waals surface area contributed by atoms with Crippen molar-refractivity contribution in [2.45, 2.75) is 85.2 Å². The number of nitrogens with zero attached hydrogens (tertiary/aromatic N) is 4. The number of rotatable bonds is 10. The summed E-state index contributed by atoms with van der Waals surface area (Å²) in [7, 11) is 0. The SMILES string of the molecule is CC(C)CCn1cc(C(C)CCCCn2cc(C(C)C)cn2)cn1. The normalized spacial score (nSPS) is 13.1. The summed E-state index contributed by atoms with van der Waals surface area (Å²) in [5.74, 6) is 1.88. The molecule has 2 aromatic rings. The average Bonchev–Trinajstić information content (AvgIpc) is 3.18. The molecule has 0 saturated heterocycles. The maximum absolute atomic E-state index is 4.51. The highest BCUT2D eigenvalue weighted by Gasteiger charge is 2.09. The van der Waals surface area contributed by atoms with Crippen LogP contribution in [0.25, 0.3) is 0 Å². The van der Waals surface area contributed by atoms with Gasteiger partial charge >= 0.3 is 0 Å². The Morgan fingerprint density at radius 1 is 0.792 bits per heavy atom. The fourth-order valence-electron chi connectivity index (χ4n) is 2.84. The lowest BCUT2D eigenvalue weighted by atomic mass is 9.98. The van der Waals surface area contributed by atoms with Crippen molar-refractivity contribution in [3.8, 4) is 0 Å². The molecule has 2 heterocycles. The van der Waals surface area contributed by atoms with Crippen molar-refractivity contribution in [1.29, 1.82) is 0 Å². The van der Waals surface area contributed by atoms with Crippen LogP contribution in [0.4, 0.5) is 0 Å². The van der Waals surface area contributed by atoms with Gasteiger partial charge in [0.1, 0.15) is 0 Å². The van der Waals surface area contributed by atoms with Gasteiger partial charge < -0.3 is 0 Å². The molecule has 0 aliphatic heterocycles. The second-order valence-corrected chi connectivity index (χ2v) is 7.81. The molecule has 4 heteroatoms. The highest BCUT2D eigenvalue weighted by molar-refractivity contribution is 5.10.